The molecular formula is C14H13Cl2N3O4S. The molecule has 128 valence electrons. The van der Waals surface area contributed by atoms with Crippen LogP contribution in [0.25, 0.3) is 0 Å². The number of rotatable bonds is 6. The molecular weight excluding hydrogens is 377 g/mol. The number of hydrogen-bond acceptors (Lipinski definition) is 5. The van der Waals surface area contributed by atoms with E-state index in [0.717, 1.165) is 0 Å². The summed E-state index contributed by atoms with van der Waals surface area (Å²) in [4.78, 5) is 11.0. The minimum absolute atomic E-state index is 0.0178. The third kappa shape index (κ3) is 4.75. The summed E-state index contributed by atoms with van der Waals surface area (Å²) in [5.41, 5.74) is 2.20. The Morgan fingerprint density at radius 2 is 1.75 bits per heavy atom. The molecule has 0 heterocycles. The topological polar surface area (TPSA) is 111 Å². The normalized spacial score (nSPS) is 11.0. The molecule has 10 heteroatoms. The van der Waals surface area contributed by atoms with Crippen LogP contribution in [0.3, 0.4) is 0 Å². The van der Waals surface area contributed by atoms with Gasteiger partial charge in [0.15, 0.2) is 6.61 Å². The SMILES string of the molecule is NNC(=O)COc1ccc(S(=O)(=O)Nc2ccc(Cl)c(Cl)c2)cc1. The van der Waals surface area contributed by atoms with E-state index in [2.05, 4.69) is 4.72 Å². The lowest BCUT2D eigenvalue weighted by Gasteiger charge is -2.10. The van der Waals surface area contributed by atoms with Gasteiger partial charge in [-0.15, -0.1) is 0 Å². The molecule has 2 aromatic carbocycles. The fourth-order valence-corrected chi connectivity index (χ4v) is 3.03. The van der Waals surface area contributed by atoms with Crippen LogP contribution in [0.1, 0.15) is 0 Å². The third-order valence-corrected chi connectivity index (χ3v) is 4.97. The van der Waals surface area contributed by atoms with Crippen molar-refractivity contribution in [2.75, 3.05) is 11.3 Å². The van der Waals surface area contributed by atoms with Crippen molar-refractivity contribution in [3.63, 3.8) is 0 Å². The molecule has 4 N–H and O–H groups in total. The Hall–Kier alpha value is -2.00. The van der Waals surface area contributed by atoms with Crippen LogP contribution < -0.4 is 20.7 Å². The van der Waals surface area contributed by atoms with E-state index in [-0.39, 0.29) is 22.2 Å². The number of carbonyl (C=O) groups is 1. The van der Waals surface area contributed by atoms with E-state index < -0.39 is 15.9 Å². The molecule has 0 aliphatic carbocycles. The summed E-state index contributed by atoms with van der Waals surface area (Å²) in [6.07, 6.45) is 0. The van der Waals surface area contributed by atoms with Crippen molar-refractivity contribution < 1.29 is 17.9 Å². The molecule has 0 aliphatic rings. The maximum absolute atomic E-state index is 12.3. The summed E-state index contributed by atoms with van der Waals surface area (Å²) in [5, 5.41) is 0.557. The number of halogens is 2. The van der Waals surface area contributed by atoms with Crippen molar-refractivity contribution in [2.45, 2.75) is 4.90 Å². The van der Waals surface area contributed by atoms with Crippen molar-refractivity contribution in [1.29, 1.82) is 0 Å². The number of amides is 1. The Morgan fingerprint density at radius 1 is 1.08 bits per heavy atom. The van der Waals surface area contributed by atoms with Crippen LogP contribution in [-0.2, 0) is 14.8 Å². The standard InChI is InChI=1S/C14H13Cl2N3O4S/c15-12-6-1-9(7-13(12)16)19-24(21,22)11-4-2-10(3-5-11)23-8-14(20)18-17/h1-7,19H,8,17H2,(H,18,20). The lowest BCUT2D eigenvalue weighted by atomic mass is 10.3. The van der Waals surface area contributed by atoms with Crippen molar-refractivity contribution in [3.8, 4) is 5.75 Å². The maximum atomic E-state index is 12.3. The number of benzene rings is 2. The van der Waals surface area contributed by atoms with Crippen LogP contribution in [0.5, 0.6) is 5.75 Å². The number of nitrogens with one attached hydrogen (secondary N) is 2. The first-order valence-electron chi connectivity index (χ1n) is 6.52. The van der Waals surface area contributed by atoms with E-state index in [4.69, 9.17) is 33.8 Å². The van der Waals surface area contributed by atoms with Crippen LogP contribution in [-0.4, -0.2) is 20.9 Å². The zero-order chi connectivity index (χ0) is 17.7. The number of anilines is 1. The van der Waals surface area contributed by atoms with Gasteiger partial charge in [0.25, 0.3) is 15.9 Å². The highest BCUT2D eigenvalue weighted by molar-refractivity contribution is 7.92. The molecule has 0 radical (unpaired) electrons. The molecule has 0 atom stereocenters. The van der Waals surface area contributed by atoms with Crippen LogP contribution in [0.15, 0.2) is 47.4 Å². The minimum atomic E-state index is -3.80. The van der Waals surface area contributed by atoms with Gasteiger partial charge in [-0.05, 0) is 42.5 Å². The molecule has 0 aromatic heterocycles. The van der Waals surface area contributed by atoms with E-state index >= 15 is 0 Å². The molecule has 0 spiro atoms. The zero-order valence-electron chi connectivity index (χ0n) is 12.1. The van der Waals surface area contributed by atoms with Crippen LogP contribution in [0.4, 0.5) is 5.69 Å². The molecule has 0 saturated carbocycles. The van der Waals surface area contributed by atoms with Gasteiger partial charge in [-0.1, -0.05) is 23.2 Å². The largest absolute Gasteiger partial charge is 0.484 e. The Kier molecular flexibility index (Phi) is 5.89. The molecule has 2 rings (SSSR count). The molecule has 24 heavy (non-hydrogen) atoms. The second-order valence-corrected chi connectivity index (χ2v) is 7.06. The lowest BCUT2D eigenvalue weighted by molar-refractivity contribution is -0.123. The third-order valence-electron chi connectivity index (χ3n) is 2.84. The van der Waals surface area contributed by atoms with Gasteiger partial charge in [-0.25, -0.2) is 14.3 Å². The quantitative estimate of drug-likeness (QED) is 0.398. The Labute approximate surface area is 148 Å². The number of carbonyl (C=O) groups excluding carboxylic acids is 1. The molecule has 0 fully saturated rings. The van der Waals surface area contributed by atoms with Crippen molar-refractivity contribution >= 4 is 44.8 Å². The number of ether oxygens (including phenoxy) is 1. The van der Waals surface area contributed by atoms with Crippen molar-refractivity contribution in [1.82, 2.24) is 5.43 Å². The average Bonchev–Trinajstić information content (AvgIpc) is 2.56. The monoisotopic (exact) mass is 389 g/mol. The highest BCUT2D eigenvalue weighted by atomic mass is 35.5. The number of hydrazine groups is 1. The van der Waals surface area contributed by atoms with Gasteiger partial charge in [0.2, 0.25) is 0 Å². The Morgan fingerprint density at radius 3 is 2.33 bits per heavy atom. The van der Waals surface area contributed by atoms with Gasteiger partial charge in [0.1, 0.15) is 5.75 Å². The fourth-order valence-electron chi connectivity index (χ4n) is 1.68. The number of sulfonamides is 1. The highest BCUT2D eigenvalue weighted by Gasteiger charge is 2.15. The smallest absolute Gasteiger partial charge is 0.271 e. The summed E-state index contributed by atoms with van der Waals surface area (Å²) in [6.45, 7) is -0.274. The van der Waals surface area contributed by atoms with Crippen LogP contribution >= 0.6 is 23.2 Å². The second-order valence-electron chi connectivity index (χ2n) is 4.56. The number of hydrogen-bond donors (Lipinski definition) is 3. The molecule has 1 amide bonds. The van der Waals surface area contributed by atoms with Gasteiger partial charge in [0.05, 0.1) is 20.6 Å². The van der Waals surface area contributed by atoms with E-state index in [1.54, 1.807) is 0 Å². The molecule has 0 unspecified atom stereocenters. The van der Waals surface area contributed by atoms with E-state index in [0.29, 0.717) is 10.8 Å². The van der Waals surface area contributed by atoms with Gasteiger partial charge in [0, 0.05) is 0 Å². The molecule has 0 saturated heterocycles. The van der Waals surface area contributed by atoms with E-state index in [1.165, 1.54) is 42.5 Å². The Bertz CT molecular complexity index is 842. The summed E-state index contributed by atoms with van der Waals surface area (Å²) in [5.74, 6) is 4.75. The fraction of sp³-hybridized carbons (Fsp3) is 0.0714. The molecule has 0 bridgehead atoms. The van der Waals surface area contributed by atoms with Crippen LogP contribution in [0, 0.1) is 0 Å². The van der Waals surface area contributed by atoms with Gasteiger partial charge in [-0.2, -0.15) is 0 Å². The molecule has 2 aromatic rings. The molecule has 7 nitrogen and oxygen atoms in total. The predicted octanol–water partition coefficient (Wildman–Crippen LogP) is 2.16. The van der Waals surface area contributed by atoms with Gasteiger partial charge < -0.3 is 4.74 Å². The van der Waals surface area contributed by atoms with Gasteiger partial charge in [-0.3, -0.25) is 14.9 Å². The van der Waals surface area contributed by atoms with E-state index in [1.807, 2.05) is 5.43 Å². The average molecular weight is 390 g/mol. The maximum Gasteiger partial charge on any atom is 0.271 e. The highest BCUT2D eigenvalue weighted by Crippen LogP contribution is 2.26. The molecule has 0 aliphatic heterocycles. The summed E-state index contributed by atoms with van der Waals surface area (Å²) in [6, 6.07) is 9.92. The van der Waals surface area contributed by atoms with E-state index in [9.17, 15) is 13.2 Å². The van der Waals surface area contributed by atoms with Gasteiger partial charge >= 0.3 is 0 Å². The first-order valence-corrected chi connectivity index (χ1v) is 8.76. The minimum Gasteiger partial charge on any atom is -0.484 e. The summed E-state index contributed by atoms with van der Waals surface area (Å²) >= 11 is 11.6. The van der Waals surface area contributed by atoms with Crippen molar-refractivity contribution in [3.05, 3.63) is 52.5 Å². The zero-order valence-corrected chi connectivity index (χ0v) is 14.5. The first-order chi connectivity index (χ1) is 11.3. The first kappa shape index (κ1) is 18.3. The number of nitrogens with two attached hydrogens (primary N) is 1. The summed E-state index contributed by atoms with van der Waals surface area (Å²) in [7, 11) is -3.80. The van der Waals surface area contributed by atoms with Crippen molar-refractivity contribution in [2.24, 2.45) is 5.84 Å². The second kappa shape index (κ2) is 7.71. The Balaban J connectivity index is 2.11. The van der Waals surface area contributed by atoms with Crippen LogP contribution in [0.2, 0.25) is 10.0 Å². The lowest BCUT2D eigenvalue weighted by Crippen LogP contribution is -2.34. The predicted molar refractivity (Wildman–Crippen MR) is 91.5 cm³/mol. The summed E-state index contributed by atoms with van der Waals surface area (Å²) < 4.78 is 32.1.